The summed E-state index contributed by atoms with van der Waals surface area (Å²) >= 11 is 6.22. The fraction of sp³-hybridized carbons (Fsp3) is 0.250. The van der Waals surface area contributed by atoms with Crippen molar-refractivity contribution in [2.75, 3.05) is 11.6 Å². The lowest BCUT2D eigenvalue weighted by molar-refractivity contribution is 0.159. The van der Waals surface area contributed by atoms with E-state index in [1.54, 1.807) is 38.1 Å². The molecule has 0 radical (unpaired) electrons. The average molecular weight is 447 g/mol. The van der Waals surface area contributed by atoms with Crippen molar-refractivity contribution in [2.45, 2.75) is 30.9 Å². The first-order valence-electron chi connectivity index (χ1n) is 8.89. The molecule has 30 heavy (non-hydrogen) atoms. The number of nitrogens with zero attached hydrogens (tertiary/aromatic N) is 3. The van der Waals surface area contributed by atoms with Crippen LogP contribution in [-0.4, -0.2) is 36.1 Å². The molecule has 0 aliphatic heterocycles. The largest absolute Gasteiger partial charge is 0.418 e. The van der Waals surface area contributed by atoms with Gasteiger partial charge < -0.3 is 14.8 Å². The molecule has 8 nitrogen and oxygen atoms in total. The van der Waals surface area contributed by atoms with E-state index in [2.05, 4.69) is 15.5 Å². The van der Waals surface area contributed by atoms with Crippen molar-refractivity contribution in [3.63, 3.8) is 0 Å². The van der Waals surface area contributed by atoms with Gasteiger partial charge in [0.25, 0.3) is 0 Å². The van der Waals surface area contributed by atoms with Crippen LogP contribution < -0.4 is 5.32 Å². The number of rotatable bonds is 6. The molecule has 2 unspecified atom stereocenters. The number of sulfone groups is 1. The number of nitriles is 1. The van der Waals surface area contributed by atoms with Gasteiger partial charge in [0.2, 0.25) is 11.8 Å². The van der Waals surface area contributed by atoms with E-state index < -0.39 is 22.0 Å². The highest BCUT2D eigenvalue weighted by atomic mass is 35.5. The molecule has 0 saturated heterocycles. The molecule has 0 saturated carbocycles. The van der Waals surface area contributed by atoms with Gasteiger partial charge in [0.05, 0.1) is 21.6 Å². The Morgan fingerprint density at radius 3 is 2.43 bits per heavy atom. The second-order valence-corrected chi connectivity index (χ2v) is 9.21. The lowest BCUT2D eigenvalue weighted by atomic mass is 10.1. The quantitative estimate of drug-likeness (QED) is 0.588. The highest BCUT2D eigenvalue weighted by molar-refractivity contribution is 7.90. The van der Waals surface area contributed by atoms with Gasteiger partial charge in [0.1, 0.15) is 12.1 Å². The summed E-state index contributed by atoms with van der Waals surface area (Å²) in [5.74, 6) is 0.333. The van der Waals surface area contributed by atoms with Gasteiger partial charge >= 0.3 is 0 Å². The Balaban J connectivity index is 1.90. The number of benzene rings is 2. The Bertz CT molecular complexity index is 1210. The molecule has 1 aromatic heterocycles. The first kappa shape index (κ1) is 21.8. The van der Waals surface area contributed by atoms with Crippen molar-refractivity contribution < 1.29 is 17.9 Å². The Morgan fingerprint density at radius 1 is 1.20 bits per heavy atom. The molecule has 156 valence electrons. The maximum Gasteiger partial charge on any atom is 0.247 e. The van der Waals surface area contributed by atoms with Crippen LogP contribution in [0.15, 0.2) is 45.7 Å². The monoisotopic (exact) mass is 446 g/mol. The summed E-state index contributed by atoms with van der Waals surface area (Å²) in [5.41, 5.74) is 2.16. The molecule has 0 aliphatic carbocycles. The first-order valence-corrected chi connectivity index (χ1v) is 11.2. The maximum atomic E-state index is 11.6. The van der Waals surface area contributed by atoms with Gasteiger partial charge in [-0.05, 0) is 55.8 Å². The summed E-state index contributed by atoms with van der Waals surface area (Å²) < 4.78 is 28.9. The fourth-order valence-electron chi connectivity index (χ4n) is 2.81. The zero-order chi connectivity index (χ0) is 22.1. The van der Waals surface area contributed by atoms with Gasteiger partial charge in [-0.15, -0.1) is 10.2 Å². The summed E-state index contributed by atoms with van der Waals surface area (Å²) in [6.07, 6.45) is 0.239. The van der Waals surface area contributed by atoms with Gasteiger partial charge in [0, 0.05) is 17.5 Å². The van der Waals surface area contributed by atoms with Gasteiger partial charge in [-0.3, -0.25) is 0 Å². The van der Waals surface area contributed by atoms with E-state index in [-0.39, 0.29) is 16.7 Å². The summed E-state index contributed by atoms with van der Waals surface area (Å²) in [6.45, 7) is 3.33. The van der Waals surface area contributed by atoms with Crippen molar-refractivity contribution in [3.05, 3.63) is 58.4 Å². The Morgan fingerprint density at radius 2 is 1.87 bits per heavy atom. The van der Waals surface area contributed by atoms with Crippen molar-refractivity contribution in [1.29, 1.82) is 5.26 Å². The van der Waals surface area contributed by atoms with Crippen LogP contribution in [0.25, 0.3) is 11.5 Å². The second-order valence-electron chi connectivity index (χ2n) is 6.82. The molecule has 0 fully saturated rings. The smallest absolute Gasteiger partial charge is 0.247 e. The predicted molar refractivity (Wildman–Crippen MR) is 112 cm³/mol. The molecular weight excluding hydrogens is 428 g/mol. The molecule has 3 aromatic rings. The normalized spacial score (nSPS) is 13.5. The van der Waals surface area contributed by atoms with Crippen molar-refractivity contribution in [3.8, 4) is 17.5 Å². The van der Waals surface area contributed by atoms with Gasteiger partial charge in [-0.25, -0.2) is 8.42 Å². The van der Waals surface area contributed by atoms with Crippen LogP contribution in [0.3, 0.4) is 0 Å². The van der Waals surface area contributed by atoms with Crippen LogP contribution >= 0.6 is 11.6 Å². The topological polar surface area (TPSA) is 129 Å². The molecule has 10 heteroatoms. The second kappa shape index (κ2) is 8.44. The highest BCUT2D eigenvalue weighted by Gasteiger charge is 2.25. The third-order valence-corrected chi connectivity index (χ3v) is 6.15. The first-order chi connectivity index (χ1) is 14.1. The highest BCUT2D eigenvalue weighted by Crippen LogP contribution is 2.31. The summed E-state index contributed by atoms with van der Waals surface area (Å²) in [4.78, 5) is 0.183. The minimum absolute atomic E-state index is 0.145. The van der Waals surface area contributed by atoms with Crippen LogP contribution in [0.5, 0.6) is 0 Å². The third kappa shape index (κ3) is 4.46. The van der Waals surface area contributed by atoms with E-state index in [1.165, 1.54) is 12.1 Å². The molecule has 1 heterocycles. The number of nitrogens with one attached hydrogen (secondary N) is 1. The number of aromatic nitrogens is 2. The lowest BCUT2D eigenvalue weighted by Gasteiger charge is -2.21. The summed E-state index contributed by atoms with van der Waals surface area (Å²) in [7, 11) is -3.31. The van der Waals surface area contributed by atoms with E-state index >= 15 is 0 Å². The molecule has 0 bridgehead atoms. The average Bonchev–Trinajstić information content (AvgIpc) is 3.18. The number of hydrogen-bond acceptors (Lipinski definition) is 8. The van der Waals surface area contributed by atoms with E-state index in [0.29, 0.717) is 27.4 Å². The molecule has 2 atom stereocenters. The van der Waals surface area contributed by atoms with E-state index in [4.69, 9.17) is 21.3 Å². The van der Waals surface area contributed by atoms with Crippen molar-refractivity contribution >= 4 is 27.1 Å². The number of aliphatic hydroxyl groups excluding tert-OH is 1. The molecule has 3 rings (SSSR count). The van der Waals surface area contributed by atoms with Gasteiger partial charge in [-0.2, -0.15) is 5.26 Å². The Hall–Kier alpha value is -2.93. The standard InChI is InChI=1S/C20H19ClN4O4S/c1-11-16(9-6-14(10-22)17(11)21)23-18(12(2)26)20-25-24-19(29-20)13-4-7-15(8-5-13)30(3,27)28/h4-9,12,18,23,26H,1-3H3. The number of anilines is 1. The van der Waals surface area contributed by atoms with Crippen LogP contribution in [-0.2, 0) is 9.84 Å². The third-order valence-electron chi connectivity index (χ3n) is 4.54. The predicted octanol–water partition coefficient (Wildman–Crippen LogP) is 3.51. The number of hydrogen-bond donors (Lipinski definition) is 2. The fourth-order valence-corrected chi connectivity index (χ4v) is 3.64. The summed E-state index contributed by atoms with van der Waals surface area (Å²) in [5, 5.41) is 30.8. The molecular formula is C20H19ClN4O4S. The van der Waals surface area contributed by atoms with Crippen LogP contribution in [0.2, 0.25) is 5.02 Å². The summed E-state index contributed by atoms with van der Waals surface area (Å²) in [6, 6.07) is 10.6. The Kier molecular flexibility index (Phi) is 6.12. The van der Waals surface area contributed by atoms with Gasteiger partial charge in [0.15, 0.2) is 9.84 Å². The van der Waals surface area contributed by atoms with E-state index in [1.807, 2.05) is 6.07 Å². The molecule has 0 spiro atoms. The SMILES string of the molecule is Cc1c(NC(c2nnc(-c3ccc(S(C)(=O)=O)cc3)o2)C(C)O)ccc(C#N)c1Cl. The zero-order valence-electron chi connectivity index (χ0n) is 16.4. The molecule has 2 N–H and O–H groups in total. The molecule has 0 amide bonds. The lowest BCUT2D eigenvalue weighted by Crippen LogP contribution is -2.23. The van der Waals surface area contributed by atoms with Crippen LogP contribution in [0.1, 0.15) is 30.0 Å². The van der Waals surface area contributed by atoms with Crippen LogP contribution in [0, 0.1) is 18.3 Å². The Labute approximate surface area is 179 Å². The minimum atomic E-state index is -3.31. The van der Waals surface area contributed by atoms with Gasteiger partial charge in [-0.1, -0.05) is 11.6 Å². The van der Waals surface area contributed by atoms with Crippen molar-refractivity contribution in [2.24, 2.45) is 0 Å². The van der Waals surface area contributed by atoms with Crippen LogP contribution in [0.4, 0.5) is 5.69 Å². The molecule has 2 aromatic carbocycles. The van der Waals surface area contributed by atoms with Crippen molar-refractivity contribution in [1.82, 2.24) is 10.2 Å². The number of halogens is 1. The minimum Gasteiger partial charge on any atom is -0.418 e. The maximum absolute atomic E-state index is 11.6. The van der Waals surface area contributed by atoms with E-state index in [0.717, 1.165) is 6.26 Å². The molecule has 0 aliphatic rings. The van der Waals surface area contributed by atoms with E-state index in [9.17, 15) is 13.5 Å². The number of aliphatic hydroxyl groups is 1. The zero-order valence-corrected chi connectivity index (χ0v) is 18.0.